The van der Waals surface area contributed by atoms with Gasteiger partial charge in [0.15, 0.2) is 0 Å². The van der Waals surface area contributed by atoms with Gasteiger partial charge in [0.05, 0.1) is 5.69 Å². The predicted molar refractivity (Wildman–Crippen MR) is 60.1 cm³/mol. The number of nitrogens with zero attached hydrogens (tertiary/aromatic N) is 1. The topological polar surface area (TPSA) is 12.4 Å². The predicted octanol–water partition coefficient (Wildman–Crippen LogP) is 3.72. The summed E-state index contributed by atoms with van der Waals surface area (Å²) in [6.45, 7) is 0. The summed E-state index contributed by atoms with van der Waals surface area (Å²) in [5.41, 5.74) is 0.843. The highest BCUT2D eigenvalue weighted by Gasteiger charge is 2.00. The molecule has 0 aliphatic heterocycles. The molecule has 80 valence electrons. The molecule has 2 aromatic carbocycles. The molecule has 2 rings (SSSR count). The third-order valence-electron chi connectivity index (χ3n) is 2.07. The molecule has 0 spiro atoms. The smallest absolute Gasteiger partial charge is 0.132 e. The van der Waals surface area contributed by atoms with Gasteiger partial charge in [0.1, 0.15) is 11.6 Å². The Morgan fingerprint density at radius 3 is 2.44 bits per heavy atom. The first-order chi connectivity index (χ1) is 7.75. The van der Waals surface area contributed by atoms with Crippen LogP contribution in [0.25, 0.3) is 0 Å². The van der Waals surface area contributed by atoms with E-state index in [2.05, 4.69) is 4.99 Å². The number of hydrogen-bond acceptors (Lipinski definition) is 1. The van der Waals surface area contributed by atoms with Crippen LogP contribution in [0.1, 0.15) is 5.56 Å². The third kappa shape index (κ3) is 2.51. The maximum absolute atomic E-state index is 13.2. The molecule has 3 heteroatoms. The van der Waals surface area contributed by atoms with Crippen molar-refractivity contribution in [2.75, 3.05) is 0 Å². The standard InChI is InChI=1S/C13H9F2N/c14-11-6-7-13(15)10(8-11)9-16-12-4-2-1-3-5-12/h1-9H. The van der Waals surface area contributed by atoms with Gasteiger partial charge in [-0.25, -0.2) is 8.78 Å². The quantitative estimate of drug-likeness (QED) is 0.680. The van der Waals surface area contributed by atoms with Gasteiger partial charge < -0.3 is 0 Å². The van der Waals surface area contributed by atoms with Crippen molar-refractivity contribution in [2.24, 2.45) is 4.99 Å². The number of rotatable bonds is 2. The van der Waals surface area contributed by atoms with Crippen LogP contribution in [0.3, 0.4) is 0 Å². The van der Waals surface area contributed by atoms with Crippen LogP contribution in [0.15, 0.2) is 53.5 Å². The second-order valence-corrected chi connectivity index (χ2v) is 3.26. The van der Waals surface area contributed by atoms with Crippen molar-refractivity contribution in [2.45, 2.75) is 0 Å². The summed E-state index contributed by atoms with van der Waals surface area (Å²) in [5, 5.41) is 0. The van der Waals surface area contributed by atoms with Crippen LogP contribution in [0.2, 0.25) is 0 Å². The van der Waals surface area contributed by atoms with E-state index in [-0.39, 0.29) is 5.56 Å². The van der Waals surface area contributed by atoms with Crippen molar-refractivity contribution >= 4 is 11.9 Å². The second kappa shape index (κ2) is 4.66. The van der Waals surface area contributed by atoms with Gasteiger partial charge in [-0.2, -0.15) is 0 Å². The highest BCUT2D eigenvalue weighted by atomic mass is 19.1. The maximum atomic E-state index is 13.2. The zero-order valence-electron chi connectivity index (χ0n) is 8.40. The van der Waals surface area contributed by atoms with E-state index in [1.807, 2.05) is 18.2 Å². The lowest BCUT2D eigenvalue weighted by Crippen LogP contribution is -1.89. The highest BCUT2D eigenvalue weighted by molar-refractivity contribution is 5.82. The Hall–Kier alpha value is -2.03. The SMILES string of the molecule is Fc1ccc(F)c(C=Nc2ccccc2)c1. The lowest BCUT2D eigenvalue weighted by atomic mass is 10.2. The summed E-state index contributed by atoms with van der Waals surface area (Å²) < 4.78 is 26.1. The molecule has 0 radical (unpaired) electrons. The van der Waals surface area contributed by atoms with E-state index in [9.17, 15) is 8.78 Å². The average molecular weight is 217 g/mol. The summed E-state index contributed by atoms with van der Waals surface area (Å²) in [6, 6.07) is 12.4. The van der Waals surface area contributed by atoms with Crippen molar-refractivity contribution in [3.05, 3.63) is 65.7 Å². The minimum Gasteiger partial charge on any atom is -0.256 e. The summed E-state index contributed by atoms with van der Waals surface area (Å²) in [4.78, 5) is 4.05. The normalized spacial score (nSPS) is 10.9. The Balaban J connectivity index is 2.27. The van der Waals surface area contributed by atoms with Crippen molar-refractivity contribution in [1.29, 1.82) is 0 Å². The fourth-order valence-electron chi connectivity index (χ4n) is 1.27. The molecule has 1 nitrogen and oxygen atoms in total. The van der Waals surface area contributed by atoms with Gasteiger partial charge in [0.2, 0.25) is 0 Å². The van der Waals surface area contributed by atoms with Crippen LogP contribution in [0.5, 0.6) is 0 Å². The van der Waals surface area contributed by atoms with Crippen molar-refractivity contribution < 1.29 is 8.78 Å². The largest absolute Gasteiger partial charge is 0.256 e. The first-order valence-electron chi connectivity index (χ1n) is 4.80. The van der Waals surface area contributed by atoms with E-state index >= 15 is 0 Å². The molecule has 0 saturated heterocycles. The van der Waals surface area contributed by atoms with Gasteiger partial charge in [-0.1, -0.05) is 18.2 Å². The molecule has 0 amide bonds. The van der Waals surface area contributed by atoms with Crippen molar-refractivity contribution in [1.82, 2.24) is 0 Å². The second-order valence-electron chi connectivity index (χ2n) is 3.26. The maximum Gasteiger partial charge on any atom is 0.132 e. The summed E-state index contributed by atoms with van der Waals surface area (Å²) in [7, 11) is 0. The Morgan fingerprint density at radius 2 is 1.69 bits per heavy atom. The van der Waals surface area contributed by atoms with Crippen LogP contribution in [-0.2, 0) is 0 Å². The van der Waals surface area contributed by atoms with E-state index in [0.717, 1.165) is 18.2 Å². The summed E-state index contributed by atoms with van der Waals surface area (Å²) in [5.74, 6) is -0.961. The number of aliphatic imine (C=N–C) groups is 1. The minimum absolute atomic E-state index is 0.142. The molecule has 0 fully saturated rings. The zero-order chi connectivity index (χ0) is 11.4. The monoisotopic (exact) mass is 217 g/mol. The molecule has 0 aromatic heterocycles. The molecule has 16 heavy (non-hydrogen) atoms. The Morgan fingerprint density at radius 1 is 0.938 bits per heavy atom. The Bertz CT molecular complexity index is 507. The lowest BCUT2D eigenvalue weighted by molar-refractivity contribution is 0.598. The first kappa shape index (κ1) is 10.5. The fraction of sp³-hybridized carbons (Fsp3) is 0. The lowest BCUT2D eigenvalue weighted by Gasteiger charge is -1.96. The molecule has 0 aliphatic rings. The third-order valence-corrected chi connectivity index (χ3v) is 2.07. The minimum atomic E-state index is -0.485. The summed E-state index contributed by atoms with van der Waals surface area (Å²) in [6.07, 6.45) is 1.31. The van der Waals surface area contributed by atoms with Crippen LogP contribution < -0.4 is 0 Å². The number of para-hydroxylation sites is 1. The number of benzene rings is 2. The molecular weight excluding hydrogens is 208 g/mol. The van der Waals surface area contributed by atoms with E-state index in [1.165, 1.54) is 6.21 Å². The van der Waals surface area contributed by atoms with Crippen molar-refractivity contribution in [3.63, 3.8) is 0 Å². The molecule has 0 aliphatic carbocycles. The molecule has 0 unspecified atom stereocenters. The highest BCUT2D eigenvalue weighted by Crippen LogP contribution is 2.12. The molecule has 0 bridgehead atoms. The van der Waals surface area contributed by atoms with Crippen molar-refractivity contribution in [3.8, 4) is 0 Å². The molecule has 0 N–H and O–H groups in total. The number of hydrogen-bond donors (Lipinski definition) is 0. The van der Waals surface area contributed by atoms with Gasteiger partial charge in [-0.15, -0.1) is 0 Å². The van der Waals surface area contributed by atoms with Gasteiger partial charge in [-0.3, -0.25) is 4.99 Å². The molecular formula is C13H9F2N. The van der Waals surface area contributed by atoms with Crippen LogP contribution in [0.4, 0.5) is 14.5 Å². The molecule has 0 atom stereocenters. The number of halogens is 2. The van der Waals surface area contributed by atoms with E-state index in [0.29, 0.717) is 5.69 Å². The first-order valence-corrected chi connectivity index (χ1v) is 4.80. The Labute approximate surface area is 92.1 Å². The van der Waals surface area contributed by atoms with Crippen LogP contribution >= 0.6 is 0 Å². The average Bonchev–Trinajstić information content (AvgIpc) is 2.32. The van der Waals surface area contributed by atoms with Crippen LogP contribution in [-0.4, -0.2) is 6.21 Å². The Kier molecular flexibility index (Phi) is 3.05. The summed E-state index contributed by atoms with van der Waals surface area (Å²) >= 11 is 0. The van der Waals surface area contributed by atoms with Gasteiger partial charge in [-0.05, 0) is 30.3 Å². The molecule has 0 saturated carbocycles. The van der Waals surface area contributed by atoms with Crippen LogP contribution in [0, 0.1) is 11.6 Å². The van der Waals surface area contributed by atoms with Gasteiger partial charge in [0, 0.05) is 11.8 Å². The molecule has 0 heterocycles. The molecule has 2 aromatic rings. The van der Waals surface area contributed by atoms with Gasteiger partial charge >= 0.3 is 0 Å². The fourth-order valence-corrected chi connectivity index (χ4v) is 1.27. The zero-order valence-corrected chi connectivity index (χ0v) is 8.40. The van der Waals surface area contributed by atoms with E-state index in [1.54, 1.807) is 12.1 Å². The van der Waals surface area contributed by atoms with E-state index in [4.69, 9.17) is 0 Å². The van der Waals surface area contributed by atoms with Gasteiger partial charge in [0.25, 0.3) is 0 Å². The van der Waals surface area contributed by atoms with E-state index < -0.39 is 11.6 Å².